The molecule has 0 radical (unpaired) electrons. The van der Waals surface area contributed by atoms with Gasteiger partial charge in [0.2, 0.25) is 0 Å². The number of nitriles is 1. The minimum atomic E-state index is -0.274. The lowest BCUT2D eigenvalue weighted by molar-refractivity contribution is 0.420. The number of hydrogen-bond donors (Lipinski definition) is 1. The normalized spacial score (nSPS) is 31.4. The monoisotopic (exact) mass is 262 g/mol. The van der Waals surface area contributed by atoms with Gasteiger partial charge in [-0.25, -0.2) is 4.98 Å². The van der Waals surface area contributed by atoms with Crippen LogP contribution < -0.4 is 5.32 Å². The molecule has 4 nitrogen and oxygen atoms in total. The van der Waals surface area contributed by atoms with E-state index in [1.54, 1.807) is 0 Å². The van der Waals surface area contributed by atoms with Crippen LogP contribution in [0.25, 0.3) is 0 Å². The number of nitrogens with one attached hydrogen (secondary N) is 1. The average molecular weight is 262 g/mol. The van der Waals surface area contributed by atoms with Gasteiger partial charge in [0, 0.05) is 30.7 Å². The Labute approximate surface area is 112 Å². The summed E-state index contributed by atoms with van der Waals surface area (Å²) in [5.41, 5.74) is -0.274. The van der Waals surface area contributed by atoms with Crippen molar-refractivity contribution in [3.05, 3.63) is 12.4 Å². The quantitative estimate of drug-likeness (QED) is 0.902. The molecule has 0 saturated heterocycles. The van der Waals surface area contributed by atoms with Gasteiger partial charge in [-0.05, 0) is 32.1 Å². The predicted octanol–water partition coefficient (Wildman–Crippen LogP) is 2.08. The molecule has 2 unspecified atom stereocenters. The first kappa shape index (κ1) is 12.1. The third kappa shape index (κ3) is 2.40. The van der Waals surface area contributed by atoms with E-state index in [0.717, 1.165) is 24.4 Å². The first-order chi connectivity index (χ1) is 8.71. The Kier molecular flexibility index (Phi) is 3.08. The summed E-state index contributed by atoms with van der Waals surface area (Å²) < 4.78 is 2.05. The summed E-state index contributed by atoms with van der Waals surface area (Å²) >= 11 is 1.81. The number of aryl methyl sites for hydroxylation is 1. The van der Waals surface area contributed by atoms with E-state index in [4.69, 9.17) is 0 Å². The van der Waals surface area contributed by atoms with E-state index >= 15 is 0 Å². The zero-order valence-corrected chi connectivity index (χ0v) is 11.4. The Bertz CT molecular complexity index is 474. The standard InChI is InChI=1S/C13H18N4S/c1-17-7-6-15-12(17)18-11-4-5-13(8-11,9-14)16-10-2-3-10/h6-7,10-11,16H,2-5,8H2,1H3. The van der Waals surface area contributed by atoms with E-state index in [1.165, 1.54) is 12.8 Å². The van der Waals surface area contributed by atoms with Crippen molar-refractivity contribution >= 4 is 11.8 Å². The maximum Gasteiger partial charge on any atom is 0.167 e. The van der Waals surface area contributed by atoms with Gasteiger partial charge in [0.25, 0.3) is 0 Å². The van der Waals surface area contributed by atoms with E-state index in [2.05, 4.69) is 16.4 Å². The van der Waals surface area contributed by atoms with Crippen molar-refractivity contribution in [1.82, 2.24) is 14.9 Å². The molecule has 0 aromatic carbocycles. The SMILES string of the molecule is Cn1ccnc1SC1CCC(C#N)(NC2CC2)C1. The fourth-order valence-electron chi connectivity index (χ4n) is 2.60. The molecule has 18 heavy (non-hydrogen) atoms. The molecule has 2 aliphatic carbocycles. The molecule has 1 aromatic rings. The molecule has 1 N–H and O–H groups in total. The summed E-state index contributed by atoms with van der Waals surface area (Å²) in [5.74, 6) is 0. The molecule has 0 spiro atoms. The molecular formula is C13H18N4S. The van der Waals surface area contributed by atoms with Gasteiger partial charge in [-0.15, -0.1) is 0 Å². The first-order valence-electron chi connectivity index (χ1n) is 6.54. The molecular weight excluding hydrogens is 244 g/mol. The molecule has 2 aliphatic rings. The smallest absolute Gasteiger partial charge is 0.167 e. The van der Waals surface area contributed by atoms with Gasteiger partial charge in [0.05, 0.1) is 6.07 Å². The summed E-state index contributed by atoms with van der Waals surface area (Å²) in [7, 11) is 2.02. The largest absolute Gasteiger partial charge is 0.329 e. The Hall–Kier alpha value is -0.990. The van der Waals surface area contributed by atoms with Gasteiger partial charge in [-0.1, -0.05) is 11.8 Å². The highest BCUT2D eigenvalue weighted by Gasteiger charge is 2.43. The molecule has 1 heterocycles. The van der Waals surface area contributed by atoms with Crippen LogP contribution in [-0.2, 0) is 7.05 Å². The highest BCUT2D eigenvalue weighted by Crippen LogP contribution is 2.41. The zero-order chi connectivity index (χ0) is 12.6. The second-order valence-electron chi connectivity index (χ2n) is 5.42. The lowest BCUT2D eigenvalue weighted by Gasteiger charge is -2.22. The van der Waals surface area contributed by atoms with Crippen LogP contribution in [0.2, 0.25) is 0 Å². The summed E-state index contributed by atoms with van der Waals surface area (Å²) in [6, 6.07) is 3.12. The maximum absolute atomic E-state index is 9.45. The minimum Gasteiger partial charge on any atom is -0.329 e. The minimum absolute atomic E-state index is 0.274. The van der Waals surface area contributed by atoms with Crippen molar-refractivity contribution in [2.75, 3.05) is 0 Å². The molecule has 1 aromatic heterocycles. The summed E-state index contributed by atoms with van der Waals surface area (Å²) in [5, 5.41) is 14.6. The third-order valence-corrected chi connectivity index (χ3v) is 5.13. The fourth-order valence-corrected chi connectivity index (χ4v) is 3.85. The molecule has 96 valence electrons. The van der Waals surface area contributed by atoms with Crippen LogP contribution in [0, 0.1) is 11.3 Å². The molecule has 5 heteroatoms. The highest BCUT2D eigenvalue weighted by atomic mass is 32.2. The highest BCUT2D eigenvalue weighted by molar-refractivity contribution is 7.99. The molecule has 0 amide bonds. The Morgan fingerprint density at radius 3 is 3.00 bits per heavy atom. The van der Waals surface area contributed by atoms with E-state index in [0.29, 0.717) is 11.3 Å². The van der Waals surface area contributed by atoms with Crippen LogP contribution in [0.4, 0.5) is 0 Å². The Morgan fingerprint density at radius 1 is 1.56 bits per heavy atom. The fraction of sp³-hybridized carbons (Fsp3) is 0.692. The predicted molar refractivity (Wildman–Crippen MR) is 71.2 cm³/mol. The van der Waals surface area contributed by atoms with E-state index < -0.39 is 0 Å². The maximum atomic E-state index is 9.45. The van der Waals surface area contributed by atoms with Gasteiger partial charge in [0.1, 0.15) is 5.54 Å². The molecule has 0 bridgehead atoms. The molecule has 0 aliphatic heterocycles. The van der Waals surface area contributed by atoms with E-state index in [1.807, 2.05) is 35.8 Å². The van der Waals surface area contributed by atoms with Crippen LogP contribution in [0.15, 0.2) is 17.6 Å². The second kappa shape index (κ2) is 4.60. The zero-order valence-electron chi connectivity index (χ0n) is 10.6. The Balaban J connectivity index is 1.63. The van der Waals surface area contributed by atoms with E-state index in [-0.39, 0.29) is 5.54 Å². The van der Waals surface area contributed by atoms with Crippen LogP contribution >= 0.6 is 11.8 Å². The van der Waals surface area contributed by atoms with Gasteiger partial charge < -0.3 is 4.57 Å². The average Bonchev–Trinajstić information content (AvgIpc) is 2.94. The number of rotatable bonds is 4. The first-order valence-corrected chi connectivity index (χ1v) is 7.42. The third-order valence-electron chi connectivity index (χ3n) is 3.79. The van der Waals surface area contributed by atoms with Gasteiger partial charge in [-0.3, -0.25) is 5.32 Å². The molecule has 3 rings (SSSR count). The van der Waals surface area contributed by atoms with Crippen LogP contribution in [0.5, 0.6) is 0 Å². The second-order valence-corrected chi connectivity index (χ2v) is 6.68. The number of nitrogens with zero attached hydrogens (tertiary/aromatic N) is 3. The van der Waals surface area contributed by atoms with Crippen LogP contribution in [-0.4, -0.2) is 26.4 Å². The summed E-state index contributed by atoms with van der Waals surface area (Å²) in [6.07, 6.45) is 9.29. The van der Waals surface area contributed by atoms with Crippen molar-refractivity contribution in [2.45, 2.75) is 54.1 Å². The molecule has 2 atom stereocenters. The van der Waals surface area contributed by atoms with Crippen LogP contribution in [0.3, 0.4) is 0 Å². The van der Waals surface area contributed by atoms with Crippen molar-refractivity contribution < 1.29 is 0 Å². The number of hydrogen-bond acceptors (Lipinski definition) is 4. The van der Waals surface area contributed by atoms with E-state index in [9.17, 15) is 5.26 Å². The number of imidazole rings is 1. The molecule has 2 fully saturated rings. The lowest BCUT2D eigenvalue weighted by Crippen LogP contribution is -2.43. The topological polar surface area (TPSA) is 53.6 Å². The van der Waals surface area contributed by atoms with Gasteiger partial charge >= 0.3 is 0 Å². The molecule has 2 saturated carbocycles. The number of thioether (sulfide) groups is 1. The van der Waals surface area contributed by atoms with Crippen molar-refractivity contribution in [3.8, 4) is 6.07 Å². The lowest BCUT2D eigenvalue weighted by atomic mass is 10.00. The van der Waals surface area contributed by atoms with Crippen LogP contribution in [0.1, 0.15) is 32.1 Å². The van der Waals surface area contributed by atoms with Crippen molar-refractivity contribution in [3.63, 3.8) is 0 Å². The van der Waals surface area contributed by atoms with Crippen molar-refractivity contribution in [1.29, 1.82) is 5.26 Å². The summed E-state index contributed by atoms with van der Waals surface area (Å²) in [6.45, 7) is 0. The Morgan fingerprint density at radius 2 is 2.39 bits per heavy atom. The van der Waals surface area contributed by atoms with Gasteiger partial charge in [0.15, 0.2) is 5.16 Å². The van der Waals surface area contributed by atoms with Crippen molar-refractivity contribution in [2.24, 2.45) is 7.05 Å². The number of aromatic nitrogens is 2. The summed E-state index contributed by atoms with van der Waals surface area (Å²) in [4.78, 5) is 4.35. The van der Waals surface area contributed by atoms with Gasteiger partial charge in [-0.2, -0.15) is 5.26 Å².